The van der Waals surface area contributed by atoms with Gasteiger partial charge < -0.3 is 0 Å². The van der Waals surface area contributed by atoms with E-state index in [2.05, 4.69) is 70.9 Å². The van der Waals surface area contributed by atoms with Crippen LogP contribution in [0.2, 0.25) is 0 Å². The number of hydrogen-bond acceptors (Lipinski definition) is 1. The maximum atomic E-state index is 3.34. The van der Waals surface area contributed by atoms with E-state index in [0.717, 1.165) is 6.54 Å². The third-order valence-corrected chi connectivity index (χ3v) is 2.76. The maximum Gasteiger partial charge on any atom is 0.0581 e. The SMILES string of the molecule is CC#CCNC(C)c1ccc(I)cc1. The van der Waals surface area contributed by atoms with E-state index in [1.165, 1.54) is 9.13 Å². The highest BCUT2D eigenvalue weighted by molar-refractivity contribution is 14.1. The first-order chi connectivity index (χ1) is 6.74. The second-order valence-electron chi connectivity index (χ2n) is 3.08. The molecule has 2 heteroatoms. The number of nitrogens with one attached hydrogen (secondary N) is 1. The molecule has 0 spiro atoms. The molecule has 0 heterocycles. The summed E-state index contributed by atoms with van der Waals surface area (Å²) in [6.07, 6.45) is 0. The summed E-state index contributed by atoms with van der Waals surface area (Å²) in [7, 11) is 0. The van der Waals surface area contributed by atoms with E-state index in [4.69, 9.17) is 0 Å². The van der Waals surface area contributed by atoms with Gasteiger partial charge in [0.2, 0.25) is 0 Å². The summed E-state index contributed by atoms with van der Waals surface area (Å²) in [6.45, 7) is 4.76. The Kier molecular flexibility index (Phi) is 4.99. The molecule has 0 aromatic heterocycles. The minimum atomic E-state index is 0.368. The Morgan fingerprint density at radius 3 is 2.57 bits per heavy atom. The van der Waals surface area contributed by atoms with Crippen molar-refractivity contribution >= 4 is 22.6 Å². The van der Waals surface area contributed by atoms with Crippen LogP contribution in [0, 0.1) is 15.4 Å². The van der Waals surface area contributed by atoms with Crippen molar-refractivity contribution in [3.05, 3.63) is 33.4 Å². The summed E-state index contributed by atoms with van der Waals surface area (Å²) in [6, 6.07) is 8.92. The van der Waals surface area contributed by atoms with Gasteiger partial charge in [0, 0.05) is 9.61 Å². The summed E-state index contributed by atoms with van der Waals surface area (Å²) < 4.78 is 1.27. The quantitative estimate of drug-likeness (QED) is 0.668. The van der Waals surface area contributed by atoms with Crippen LogP contribution in [0.3, 0.4) is 0 Å². The minimum absolute atomic E-state index is 0.368. The van der Waals surface area contributed by atoms with Crippen LogP contribution in [0.1, 0.15) is 25.5 Å². The number of benzene rings is 1. The Labute approximate surface area is 99.4 Å². The fourth-order valence-electron chi connectivity index (χ4n) is 1.16. The molecule has 0 radical (unpaired) electrons. The Morgan fingerprint density at radius 1 is 1.36 bits per heavy atom. The van der Waals surface area contributed by atoms with Crippen molar-refractivity contribution in [1.29, 1.82) is 0 Å². The van der Waals surface area contributed by atoms with E-state index in [-0.39, 0.29) is 0 Å². The summed E-state index contributed by atoms with van der Waals surface area (Å²) in [5.41, 5.74) is 1.31. The molecule has 74 valence electrons. The van der Waals surface area contributed by atoms with Gasteiger partial charge in [0.25, 0.3) is 0 Å². The van der Waals surface area contributed by atoms with Crippen LogP contribution in [-0.4, -0.2) is 6.54 Å². The summed E-state index contributed by atoms with van der Waals surface area (Å²) in [5.74, 6) is 5.87. The first-order valence-electron chi connectivity index (χ1n) is 4.62. The van der Waals surface area contributed by atoms with E-state index < -0.39 is 0 Å². The van der Waals surface area contributed by atoms with E-state index in [1.54, 1.807) is 0 Å². The van der Waals surface area contributed by atoms with Gasteiger partial charge in [0.1, 0.15) is 0 Å². The third kappa shape index (κ3) is 3.69. The molecule has 14 heavy (non-hydrogen) atoms. The van der Waals surface area contributed by atoms with Gasteiger partial charge in [0.15, 0.2) is 0 Å². The van der Waals surface area contributed by atoms with E-state index >= 15 is 0 Å². The van der Waals surface area contributed by atoms with Crippen LogP contribution in [0.15, 0.2) is 24.3 Å². The number of rotatable bonds is 3. The lowest BCUT2D eigenvalue weighted by molar-refractivity contribution is 0.623. The largest absolute Gasteiger partial charge is 0.300 e. The summed E-state index contributed by atoms with van der Waals surface area (Å²) >= 11 is 2.31. The van der Waals surface area contributed by atoms with Crippen molar-refractivity contribution in [2.45, 2.75) is 19.9 Å². The Morgan fingerprint density at radius 2 is 2.00 bits per heavy atom. The molecule has 1 aromatic rings. The van der Waals surface area contributed by atoms with Gasteiger partial charge >= 0.3 is 0 Å². The van der Waals surface area contributed by atoms with Crippen molar-refractivity contribution in [3.8, 4) is 11.8 Å². The highest BCUT2D eigenvalue weighted by atomic mass is 127. The first-order valence-corrected chi connectivity index (χ1v) is 5.70. The third-order valence-electron chi connectivity index (χ3n) is 2.04. The highest BCUT2D eigenvalue weighted by Crippen LogP contribution is 2.13. The molecule has 0 amide bonds. The van der Waals surface area contributed by atoms with Crippen LogP contribution in [0.5, 0.6) is 0 Å². The monoisotopic (exact) mass is 299 g/mol. The lowest BCUT2D eigenvalue weighted by atomic mass is 10.1. The fourth-order valence-corrected chi connectivity index (χ4v) is 1.52. The van der Waals surface area contributed by atoms with Gasteiger partial charge in [0.05, 0.1) is 6.54 Å². The van der Waals surface area contributed by atoms with Gasteiger partial charge in [-0.15, -0.1) is 5.92 Å². The molecule has 0 saturated carbocycles. The average Bonchev–Trinajstić information content (AvgIpc) is 2.19. The zero-order valence-corrected chi connectivity index (χ0v) is 10.6. The molecule has 1 aromatic carbocycles. The van der Waals surface area contributed by atoms with Crippen LogP contribution in [0.25, 0.3) is 0 Å². The van der Waals surface area contributed by atoms with Gasteiger partial charge in [-0.25, -0.2) is 0 Å². The zero-order valence-electron chi connectivity index (χ0n) is 8.47. The van der Waals surface area contributed by atoms with E-state index in [9.17, 15) is 0 Å². The first kappa shape index (κ1) is 11.5. The molecule has 0 bridgehead atoms. The van der Waals surface area contributed by atoms with Gasteiger partial charge in [-0.2, -0.15) is 0 Å². The summed E-state index contributed by atoms with van der Waals surface area (Å²) in [5, 5.41) is 3.34. The Hall–Kier alpha value is -0.530. The lowest BCUT2D eigenvalue weighted by Crippen LogP contribution is -2.18. The van der Waals surface area contributed by atoms with Crippen molar-refractivity contribution < 1.29 is 0 Å². The van der Waals surface area contributed by atoms with E-state index in [0.29, 0.717) is 6.04 Å². The molecular weight excluding hydrogens is 285 g/mol. The second kappa shape index (κ2) is 6.05. The normalized spacial score (nSPS) is 11.6. The molecule has 1 atom stereocenters. The van der Waals surface area contributed by atoms with Crippen molar-refractivity contribution in [3.63, 3.8) is 0 Å². The predicted octanol–water partition coefficient (Wildman–Crippen LogP) is 2.97. The van der Waals surface area contributed by atoms with Crippen molar-refractivity contribution in [1.82, 2.24) is 5.32 Å². The maximum absolute atomic E-state index is 3.34. The average molecular weight is 299 g/mol. The van der Waals surface area contributed by atoms with E-state index in [1.807, 2.05) is 6.92 Å². The van der Waals surface area contributed by atoms with Gasteiger partial charge in [-0.1, -0.05) is 18.1 Å². The molecule has 1 unspecified atom stereocenters. The van der Waals surface area contributed by atoms with Gasteiger partial charge in [-0.05, 0) is 54.1 Å². The molecule has 0 aliphatic heterocycles. The van der Waals surface area contributed by atoms with Crippen LogP contribution < -0.4 is 5.32 Å². The lowest BCUT2D eigenvalue weighted by Gasteiger charge is -2.11. The smallest absolute Gasteiger partial charge is 0.0581 e. The zero-order chi connectivity index (χ0) is 10.4. The molecule has 0 fully saturated rings. The number of halogens is 1. The van der Waals surface area contributed by atoms with Crippen LogP contribution in [-0.2, 0) is 0 Å². The predicted molar refractivity (Wildman–Crippen MR) is 69.0 cm³/mol. The fraction of sp³-hybridized carbons (Fsp3) is 0.333. The molecule has 0 saturated heterocycles. The molecule has 1 N–H and O–H groups in total. The summed E-state index contributed by atoms with van der Waals surface area (Å²) in [4.78, 5) is 0. The Bertz CT molecular complexity index is 332. The van der Waals surface area contributed by atoms with Crippen LogP contribution >= 0.6 is 22.6 Å². The topological polar surface area (TPSA) is 12.0 Å². The molecule has 0 aliphatic carbocycles. The second-order valence-corrected chi connectivity index (χ2v) is 4.33. The standard InChI is InChI=1S/C12H14IN/c1-3-4-9-14-10(2)11-5-7-12(13)8-6-11/h5-8,10,14H,9H2,1-2H3. The van der Waals surface area contributed by atoms with Crippen LogP contribution in [0.4, 0.5) is 0 Å². The van der Waals surface area contributed by atoms with Gasteiger partial charge in [-0.3, -0.25) is 5.32 Å². The van der Waals surface area contributed by atoms with Crippen molar-refractivity contribution in [2.24, 2.45) is 0 Å². The molecule has 1 nitrogen and oxygen atoms in total. The number of hydrogen-bond donors (Lipinski definition) is 1. The molecular formula is C12H14IN. The van der Waals surface area contributed by atoms with Crippen molar-refractivity contribution in [2.75, 3.05) is 6.54 Å². The molecule has 1 rings (SSSR count). The Balaban J connectivity index is 2.54. The molecule has 0 aliphatic rings. The highest BCUT2D eigenvalue weighted by Gasteiger charge is 2.02. The minimum Gasteiger partial charge on any atom is -0.300 e.